The van der Waals surface area contributed by atoms with Gasteiger partial charge in [0, 0.05) is 19.7 Å². The van der Waals surface area contributed by atoms with E-state index in [0.29, 0.717) is 25.9 Å². The van der Waals surface area contributed by atoms with Gasteiger partial charge < -0.3 is 10.8 Å². The van der Waals surface area contributed by atoms with E-state index in [1.54, 1.807) is 18.2 Å². The summed E-state index contributed by atoms with van der Waals surface area (Å²) in [5.74, 6) is 0. The van der Waals surface area contributed by atoms with Crippen molar-refractivity contribution in [3.8, 4) is 0 Å². The van der Waals surface area contributed by atoms with Crippen molar-refractivity contribution in [1.29, 1.82) is 0 Å². The summed E-state index contributed by atoms with van der Waals surface area (Å²) < 4.78 is 26.2. The Morgan fingerprint density at radius 2 is 2.06 bits per heavy atom. The molecule has 4 N–H and O–H groups in total. The molecule has 0 saturated carbocycles. The molecule has 0 fully saturated rings. The Bertz CT molecular complexity index is 446. The Hall–Kier alpha value is -0.950. The van der Waals surface area contributed by atoms with E-state index in [9.17, 15) is 8.42 Å². The summed E-state index contributed by atoms with van der Waals surface area (Å²) in [6, 6.07) is 6.55. The molecule has 1 rings (SSSR count). The molecular formula is C11H18N2O3S. The van der Waals surface area contributed by atoms with Gasteiger partial charge in [-0.05, 0) is 30.5 Å². The molecule has 17 heavy (non-hydrogen) atoms. The van der Waals surface area contributed by atoms with Gasteiger partial charge in [-0.3, -0.25) is 0 Å². The van der Waals surface area contributed by atoms with E-state index < -0.39 is 10.0 Å². The molecule has 0 unspecified atom stereocenters. The summed E-state index contributed by atoms with van der Waals surface area (Å²) >= 11 is 0. The number of rotatable bonds is 7. The summed E-state index contributed by atoms with van der Waals surface area (Å²) in [6.45, 7) is 0.716. The van der Waals surface area contributed by atoms with Gasteiger partial charge in [-0.15, -0.1) is 0 Å². The van der Waals surface area contributed by atoms with Crippen molar-refractivity contribution in [2.24, 2.45) is 5.73 Å². The van der Waals surface area contributed by atoms with Crippen LogP contribution in [0.2, 0.25) is 0 Å². The van der Waals surface area contributed by atoms with E-state index in [2.05, 4.69) is 4.72 Å². The van der Waals surface area contributed by atoms with Crippen LogP contribution < -0.4 is 10.5 Å². The Morgan fingerprint density at radius 3 is 2.71 bits per heavy atom. The zero-order chi connectivity index (χ0) is 12.7. The van der Waals surface area contributed by atoms with Crippen LogP contribution in [0.1, 0.15) is 18.4 Å². The van der Waals surface area contributed by atoms with Crippen LogP contribution in [0.25, 0.3) is 0 Å². The van der Waals surface area contributed by atoms with Gasteiger partial charge in [0.1, 0.15) is 0 Å². The SMILES string of the molecule is NCc1cccc(S(=O)(=O)NCCCCO)c1. The molecular weight excluding hydrogens is 240 g/mol. The Kier molecular flexibility index (Phi) is 5.57. The third-order valence-corrected chi connectivity index (χ3v) is 3.78. The maximum atomic E-state index is 11.8. The van der Waals surface area contributed by atoms with E-state index in [-0.39, 0.29) is 11.5 Å². The number of nitrogens with two attached hydrogens (primary N) is 1. The number of benzene rings is 1. The number of aliphatic hydroxyl groups excluding tert-OH is 1. The minimum atomic E-state index is -3.46. The summed E-state index contributed by atoms with van der Waals surface area (Å²) in [7, 11) is -3.46. The van der Waals surface area contributed by atoms with Crippen LogP contribution in [-0.2, 0) is 16.6 Å². The number of hydrogen-bond acceptors (Lipinski definition) is 4. The maximum absolute atomic E-state index is 11.8. The van der Waals surface area contributed by atoms with Crippen LogP contribution in [0.4, 0.5) is 0 Å². The summed E-state index contributed by atoms with van der Waals surface area (Å²) in [4.78, 5) is 0.226. The van der Waals surface area contributed by atoms with E-state index in [0.717, 1.165) is 5.56 Å². The molecule has 6 heteroatoms. The van der Waals surface area contributed by atoms with Crippen molar-refractivity contribution in [2.45, 2.75) is 24.3 Å². The molecule has 0 amide bonds. The normalized spacial score (nSPS) is 11.6. The highest BCUT2D eigenvalue weighted by Gasteiger charge is 2.12. The second-order valence-corrected chi connectivity index (χ2v) is 5.45. The average Bonchev–Trinajstić information content (AvgIpc) is 2.35. The fourth-order valence-electron chi connectivity index (χ4n) is 1.37. The summed E-state index contributed by atoms with van der Waals surface area (Å²) in [6.07, 6.45) is 1.21. The van der Waals surface area contributed by atoms with E-state index >= 15 is 0 Å². The first-order valence-corrected chi connectivity index (χ1v) is 6.98. The quantitative estimate of drug-likeness (QED) is 0.609. The first-order chi connectivity index (χ1) is 8.10. The fourth-order valence-corrected chi connectivity index (χ4v) is 2.51. The monoisotopic (exact) mass is 258 g/mol. The lowest BCUT2D eigenvalue weighted by molar-refractivity contribution is 0.285. The molecule has 96 valence electrons. The van der Waals surface area contributed by atoms with Gasteiger partial charge >= 0.3 is 0 Å². The van der Waals surface area contributed by atoms with Gasteiger partial charge in [-0.1, -0.05) is 12.1 Å². The van der Waals surface area contributed by atoms with Gasteiger partial charge in [0.15, 0.2) is 0 Å². The van der Waals surface area contributed by atoms with Crippen molar-refractivity contribution in [1.82, 2.24) is 4.72 Å². The largest absolute Gasteiger partial charge is 0.396 e. The molecule has 1 aromatic carbocycles. The molecule has 0 saturated heterocycles. The van der Waals surface area contributed by atoms with Crippen molar-refractivity contribution < 1.29 is 13.5 Å². The number of hydrogen-bond donors (Lipinski definition) is 3. The van der Waals surface area contributed by atoms with Crippen molar-refractivity contribution in [3.05, 3.63) is 29.8 Å². The number of sulfonamides is 1. The Morgan fingerprint density at radius 1 is 1.29 bits per heavy atom. The summed E-state index contributed by atoms with van der Waals surface area (Å²) in [5.41, 5.74) is 6.24. The van der Waals surface area contributed by atoms with Gasteiger partial charge in [0.25, 0.3) is 0 Å². The maximum Gasteiger partial charge on any atom is 0.240 e. The average molecular weight is 258 g/mol. The van der Waals surface area contributed by atoms with Crippen molar-refractivity contribution in [2.75, 3.05) is 13.2 Å². The molecule has 0 atom stereocenters. The van der Waals surface area contributed by atoms with Crippen molar-refractivity contribution in [3.63, 3.8) is 0 Å². The van der Waals surface area contributed by atoms with Crippen LogP contribution in [0, 0.1) is 0 Å². The summed E-state index contributed by atoms with van der Waals surface area (Å²) in [5, 5.41) is 8.59. The van der Waals surface area contributed by atoms with Crippen LogP contribution >= 0.6 is 0 Å². The standard InChI is InChI=1S/C11H18N2O3S/c12-9-10-4-3-5-11(8-10)17(15,16)13-6-1-2-7-14/h3-5,8,13-14H,1-2,6-7,9,12H2. The molecule has 0 bridgehead atoms. The highest BCUT2D eigenvalue weighted by atomic mass is 32.2. The van der Waals surface area contributed by atoms with Gasteiger partial charge in [-0.2, -0.15) is 0 Å². The zero-order valence-electron chi connectivity index (χ0n) is 9.59. The molecule has 0 radical (unpaired) electrons. The molecule has 0 aromatic heterocycles. The highest BCUT2D eigenvalue weighted by Crippen LogP contribution is 2.10. The van der Waals surface area contributed by atoms with E-state index in [1.165, 1.54) is 6.07 Å². The Labute approximate surface area is 102 Å². The van der Waals surface area contributed by atoms with Gasteiger partial charge in [0.2, 0.25) is 10.0 Å². The molecule has 0 aliphatic carbocycles. The molecule has 0 heterocycles. The number of unbranched alkanes of at least 4 members (excludes halogenated alkanes) is 1. The Balaban J connectivity index is 2.68. The van der Waals surface area contributed by atoms with Crippen molar-refractivity contribution >= 4 is 10.0 Å². The predicted octanol–water partition coefficient (Wildman–Crippen LogP) is 0.196. The molecule has 0 aliphatic rings. The third-order valence-electron chi connectivity index (χ3n) is 2.32. The lowest BCUT2D eigenvalue weighted by Gasteiger charge is -2.07. The minimum absolute atomic E-state index is 0.0738. The van der Waals surface area contributed by atoms with Crippen LogP contribution in [0.3, 0.4) is 0 Å². The lowest BCUT2D eigenvalue weighted by atomic mass is 10.2. The van der Waals surface area contributed by atoms with Crippen LogP contribution in [-0.4, -0.2) is 26.7 Å². The van der Waals surface area contributed by atoms with E-state index in [4.69, 9.17) is 10.8 Å². The second kappa shape index (κ2) is 6.70. The smallest absolute Gasteiger partial charge is 0.240 e. The first-order valence-electron chi connectivity index (χ1n) is 5.49. The first kappa shape index (κ1) is 14.1. The lowest BCUT2D eigenvalue weighted by Crippen LogP contribution is -2.25. The predicted molar refractivity (Wildman–Crippen MR) is 65.8 cm³/mol. The highest BCUT2D eigenvalue weighted by molar-refractivity contribution is 7.89. The van der Waals surface area contributed by atoms with Gasteiger partial charge in [0.05, 0.1) is 4.90 Å². The van der Waals surface area contributed by atoms with Crippen LogP contribution in [0.15, 0.2) is 29.2 Å². The second-order valence-electron chi connectivity index (χ2n) is 3.68. The van der Waals surface area contributed by atoms with Gasteiger partial charge in [-0.25, -0.2) is 13.1 Å². The molecule has 5 nitrogen and oxygen atoms in total. The number of nitrogens with one attached hydrogen (secondary N) is 1. The van der Waals surface area contributed by atoms with Crippen LogP contribution in [0.5, 0.6) is 0 Å². The fraction of sp³-hybridized carbons (Fsp3) is 0.455. The molecule has 0 spiro atoms. The topological polar surface area (TPSA) is 92.4 Å². The molecule has 0 aliphatic heterocycles. The minimum Gasteiger partial charge on any atom is -0.396 e. The van der Waals surface area contributed by atoms with E-state index in [1.807, 2.05) is 0 Å². The number of aliphatic hydroxyl groups is 1. The third kappa shape index (κ3) is 4.43. The zero-order valence-corrected chi connectivity index (χ0v) is 10.4. The molecule has 1 aromatic rings.